The molecule has 0 bridgehead atoms. The van der Waals surface area contributed by atoms with Crippen molar-refractivity contribution in [2.75, 3.05) is 0 Å². The molecule has 2 aromatic rings. The van der Waals surface area contributed by atoms with Gasteiger partial charge in [0.05, 0.1) is 12.7 Å². The first-order valence-corrected chi connectivity index (χ1v) is 6.62. The molecule has 7 heteroatoms. The molecular weight excluding hydrogens is 256 g/mol. The van der Waals surface area contributed by atoms with Crippen LogP contribution in [0.1, 0.15) is 13.8 Å². The van der Waals surface area contributed by atoms with E-state index in [0.717, 1.165) is 0 Å². The Kier molecular flexibility index (Phi) is 4.75. The minimum absolute atomic E-state index is 0.0321. The SMILES string of the molecule is C[C@H](Cn1ccnc1)NC(=O)N[C@H](C)Cn1ccnc1. The number of aromatic nitrogens is 4. The normalized spacial score (nSPS) is 13.7. The van der Waals surface area contributed by atoms with Crippen LogP contribution in [0.2, 0.25) is 0 Å². The molecule has 0 aromatic carbocycles. The molecule has 2 heterocycles. The van der Waals surface area contributed by atoms with Gasteiger partial charge in [0.25, 0.3) is 0 Å². The Hall–Kier alpha value is -2.31. The summed E-state index contributed by atoms with van der Waals surface area (Å²) in [5.41, 5.74) is 0. The summed E-state index contributed by atoms with van der Waals surface area (Å²) in [4.78, 5) is 19.8. The molecule has 0 fully saturated rings. The maximum absolute atomic E-state index is 11.8. The number of rotatable bonds is 6. The van der Waals surface area contributed by atoms with Crippen molar-refractivity contribution in [1.29, 1.82) is 0 Å². The number of nitrogens with one attached hydrogen (secondary N) is 2. The smallest absolute Gasteiger partial charge is 0.315 e. The lowest BCUT2D eigenvalue weighted by Crippen LogP contribution is -2.46. The standard InChI is InChI=1S/C13H20N6O/c1-11(7-18-5-3-14-9-18)16-13(20)17-12(2)8-19-6-4-15-10-19/h3-6,9-12H,7-8H2,1-2H3,(H2,16,17,20)/t11-,12-/m1/s1. The molecule has 0 unspecified atom stereocenters. The number of hydrogen-bond acceptors (Lipinski definition) is 3. The molecule has 2 amide bonds. The molecule has 7 nitrogen and oxygen atoms in total. The van der Waals surface area contributed by atoms with Crippen molar-refractivity contribution in [1.82, 2.24) is 29.7 Å². The molecule has 2 rings (SSSR count). The molecule has 0 saturated heterocycles. The second kappa shape index (κ2) is 6.74. The summed E-state index contributed by atoms with van der Waals surface area (Å²) in [5.74, 6) is 0. The molecule has 2 atom stereocenters. The highest BCUT2D eigenvalue weighted by atomic mass is 16.2. The van der Waals surface area contributed by atoms with Gasteiger partial charge in [-0.25, -0.2) is 14.8 Å². The third kappa shape index (κ3) is 4.42. The maximum Gasteiger partial charge on any atom is 0.315 e. The van der Waals surface area contributed by atoms with E-state index in [-0.39, 0.29) is 18.1 Å². The summed E-state index contributed by atoms with van der Waals surface area (Å²) in [6, 6.07) is -0.0977. The van der Waals surface area contributed by atoms with E-state index in [1.807, 2.05) is 35.4 Å². The quantitative estimate of drug-likeness (QED) is 0.821. The van der Waals surface area contributed by atoms with Crippen LogP contribution in [0.3, 0.4) is 0 Å². The molecule has 108 valence electrons. The Morgan fingerprint density at radius 2 is 1.45 bits per heavy atom. The molecular formula is C13H20N6O. The highest BCUT2D eigenvalue weighted by Gasteiger charge is 2.10. The summed E-state index contributed by atoms with van der Waals surface area (Å²) < 4.78 is 3.86. The van der Waals surface area contributed by atoms with Crippen LogP contribution in [0, 0.1) is 0 Å². The van der Waals surface area contributed by atoms with Crippen molar-refractivity contribution in [3.63, 3.8) is 0 Å². The van der Waals surface area contributed by atoms with Gasteiger partial charge in [0.15, 0.2) is 0 Å². The number of urea groups is 1. The first-order valence-electron chi connectivity index (χ1n) is 6.62. The van der Waals surface area contributed by atoms with Gasteiger partial charge in [0.2, 0.25) is 0 Å². The number of imidazole rings is 2. The predicted molar refractivity (Wildman–Crippen MR) is 75.0 cm³/mol. The van der Waals surface area contributed by atoms with Gasteiger partial charge in [-0.05, 0) is 13.8 Å². The Morgan fingerprint density at radius 1 is 1.00 bits per heavy atom. The Bertz CT molecular complexity index is 461. The molecule has 20 heavy (non-hydrogen) atoms. The zero-order valence-corrected chi connectivity index (χ0v) is 11.7. The van der Waals surface area contributed by atoms with Crippen LogP contribution in [-0.2, 0) is 13.1 Å². The molecule has 0 aliphatic heterocycles. The van der Waals surface area contributed by atoms with E-state index in [4.69, 9.17) is 0 Å². The van der Waals surface area contributed by atoms with Gasteiger partial charge in [-0.2, -0.15) is 0 Å². The van der Waals surface area contributed by atoms with Crippen molar-refractivity contribution in [3.8, 4) is 0 Å². The van der Waals surface area contributed by atoms with Crippen LogP contribution < -0.4 is 10.6 Å². The second-order valence-electron chi connectivity index (χ2n) is 4.94. The number of hydrogen-bond donors (Lipinski definition) is 2. The molecule has 2 N–H and O–H groups in total. The molecule has 0 aliphatic carbocycles. The molecule has 0 spiro atoms. The number of nitrogens with zero attached hydrogens (tertiary/aromatic N) is 4. The number of carbonyl (C=O) groups is 1. The average molecular weight is 276 g/mol. The largest absolute Gasteiger partial charge is 0.335 e. The van der Waals surface area contributed by atoms with Crippen LogP contribution in [0.15, 0.2) is 37.4 Å². The average Bonchev–Trinajstić information content (AvgIpc) is 3.01. The fourth-order valence-electron chi connectivity index (χ4n) is 2.00. The summed E-state index contributed by atoms with van der Waals surface area (Å²) in [6.45, 7) is 5.31. The molecule has 0 radical (unpaired) electrons. The van der Waals surface area contributed by atoms with Crippen LogP contribution in [0.25, 0.3) is 0 Å². The van der Waals surface area contributed by atoms with E-state index >= 15 is 0 Å². The van der Waals surface area contributed by atoms with E-state index < -0.39 is 0 Å². The fourth-order valence-corrected chi connectivity index (χ4v) is 2.00. The Morgan fingerprint density at radius 3 is 1.80 bits per heavy atom. The predicted octanol–water partition coefficient (Wildman–Crippen LogP) is 0.856. The fraction of sp³-hybridized carbons (Fsp3) is 0.462. The van der Waals surface area contributed by atoms with Crippen molar-refractivity contribution >= 4 is 6.03 Å². The highest BCUT2D eigenvalue weighted by Crippen LogP contribution is 1.94. The number of amides is 2. The molecule has 0 aliphatic rings. The van der Waals surface area contributed by atoms with Crippen LogP contribution in [-0.4, -0.2) is 37.2 Å². The van der Waals surface area contributed by atoms with E-state index in [2.05, 4.69) is 20.6 Å². The van der Waals surface area contributed by atoms with Gasteiger partial charge in [0, 0.05) is 50.0 Å². The Labute approximate surface area is 118 Å². The first kappa shape index (κ1) is 14.1. The summed E-state index contributed by atoms with van der Waals surface area (Å²) in [7, 11) is 0. The van der Waals surface area contributed by atoms with Crippen molar-refractivity contribution < 1.29 is 4.79 Å². The zero-order valence-electron chi connectivity index (χ0n) is 11.7. The maximum atomic E-state index is 11.8. The third-order valence-corrected chi connectivity index (χ3v) is 2.84. The topological polar surface area (TPSA) is 76.8 Å². The summed E-state index contributed by atoms with van der Waals surface area (Å²) >= 11 is 0. The minimum atomic E-state index is -0.162. The van der Waals surface area contributed by atoms with Crippen molar-refractivity contribution in [3.05, 3.63) is 37.4 Å². The van der Waals surface area contributed by atoms with Crippen molar-refractivity contribution in [2.24, 2.45) is 0 Å². The first-order chi connectivity index (χ1) is 9.63. The van der Waals surface area contributed by atoms with Gasteiger partial charge in [0.1, 0.15) is 0 Å². The van der Waals surface area contributed by atoms with Crippen LogP contribution in [0.4, 0.5) is 4.79 Å². The van der Waals surface area contributed by atoms with Gasteiger partial charge in [-0.1, -0.05) is 0 Å². The van der Waals surface area contributed by atoms with Crippen LogP contribution >= 0.6 is 0 Å². The lowest BCUT2D eigenvalue weighted by Gasteiger charge is -2.18. The third-order valence-electron chi connectivity index (χ3n) is 2.84. The lowest BCUT2D eigenvalue weighted by molar-refractivity contribution is 0.232. The van der Waals surface area contributed by atoms with E-state index in [1.165, 1.54) is 0 Å². The van der Waals surface area contributed by atoms with Gasteiger partial charge in [-0.3, -0.25) is 0 Å². The summed E-state index contributed by atoms with van der Waals surface area (Å²) in [5, 5.41) is 5.81. The summed E-state index contributed by atoms with van der Waals surface area (Å²) in [6.07, 6.45) is 10.7. The second-order valence-corrected chi connectivity index (χ2v) is 4.94. The van der Waals surface area contributed by atoms with Crippen LogP contribution in [0.5, 0.6) is 0 Å². The Balaban J connectivity index is 1.71. The lowest BCUT2D eigenvalue weighted by atomic mass is 10.3. The van der Waals surface area contributed by atoms with Gasteiger partial charge >= 0.3 is 6.03 Å². The van der Waals surface area contributed by atoms with Gasteiger partial charge in [-0.15, -0.1) is 0 Å². The van der Waals surface area contributed by atoms with Gasteiger partial charge < -0.3 is 19.8 Å². The minimum Gasteiger partial charge on any atom is -0.335 e. The highest BCUT2D eigenvalue weighted by molar-refractivity contribution is 5.74. The monoisotopic (exact) mass is 276 g/mol. The zero-order chi connectivity index (χ0) is 14.4. The van der Waals surface area contributed by atoms with E-state index in [9.17, 15) is 4.79 Å². The molecule has 0 saturated carbocycles. The van der Waals surface area contributed by atoms with Crippen molar-refractivity contribution in [2.45, 2.75) is 39.0 Å². The van der Waals surface area contributed by atoms with E-state index in [1.54, 1.807) is 25.0 Å². The molecule has 2 aromatic heterocycles. The van der Waals surface area contributed by atoms with E-state index in [0.29, 0.717) is 13.1 Å². The number of carbonyl (C=O) groups excluding carboxylic acids is 1.